The fourth-order valence-corrected chi connectivity index (χ4v) is 3.25. The molecule has 1 aliphatic heterocycles. The molecule has 0 aliphatic carbocycles. The van der Waals surface area contributed by atoms with E-state index < -0.39 is 0 Å². The molecule has 3 heterocycles. The number of piperidine rings is 1. The molecule has 2 aromatic heterocycles. The molecule has 136 valence electrons. The number of rotatable bonds is 6. The predicted octanol–water partition coefficient (Wildman–Crippen LogP) is 0.785. The zero-order valence-electron chi connectivity index (χ0n) is 14.9. The molecule has 0 radical (unpaired) electrons. The lowest BCUT2D eigenvalue weighted by Crippen LogP contribution is -2.40. The van der Waals surface area contributed by atoms with Gasteiger partial charge in [0, 0.05) is 19.5 Å². The third kappa shape index (κ3) is 4.07. The first kappa shape index (κ1) is 17.6. The Morgan fingerprint density at radius 2 is 2.16 bits per heavy atom. The molecule has 2 aromatic rings. The predicted molar refractivity (Wildman–Crippen MR) is 95.0 cm³/mol. The molecule has 2 N–H and O–H groups in total. The molecule has 8 nitrogen and oxygen atoms in total. The van der Waals surface area contributed by atoms with Crippen molar-refractivity contribution in [3.05, 3.63) is 22.4 Å². The Morgan fingerprint density at radius 1 is 1.40 bits per heavy atom. The van der Waals surface area contributed by atoms with Gasteiger partial charge in [-0.1, -0.05) is 13.3 Å². The molecule has 1 fully saturated rings. The van der Waals surface area contributed by atoms with Crippen LogP contribution in [0.2, 0.25) is 0 Å². The topological polar surface area (TPSA) is 95.9 Å². The largest absolute Gasteiger partial charge is 0.356 e. The van der Waals surface area contributed by atoms with Crippen LogP contribution in [-0.4, -0.2) is 50.2 Å². The normalized spacial score (nSPS) is 16.4. The van der Waals surface area contributed by atoms with Gasteiger partial charge in [-0.2, -0.15) is 5.10 Å². The summed E-state index contributed by atoms with van der Waals surface area (Å²) in [6.45, 7) is 5.13. The van der Waals surface area contributed by atoms with E-state index in [0.29, 0.717) is 23.4 Å². The van der Waals surface area contributed by atoms with Crippen LogP contribution < -0.4 is 10.9 Å². The summed E-state index contributed by atoms with van der Waals surface area (Å²) in [5.74, 6) is 0.919. The molecule has 0 aromatic carbocycles. The Labute approximate surface area is 146 Å². The van der Waals surface area contributed by atoms with Crippen LogP contribution in [0.4, 0.5) is 0 Å². The summed E-state index contributed by atoms with van der Waals surface area (Å²) in [6.07, 6.45) is 5.34. The van der Waals surface area contributed by atoms with E-state index in [2.05, 4.69) is 32.2 Å². The van der Waals surface area contributed by atoms with Gasteiger partial charge in [-0.3, -0.25) is 19.2 Å². The monoisotopic (exact) mass is 346 g/mol. The Balaban J connectivity index is 1.56. The van der Waals surface area contributed by atoms with Crippen LogP contribution in [-0.2, 0) is 18.4 Å². The quantitative estimate of drug-likeness (QED) is 0.754. The lowest BCUT2D eigenvalue weighted by molar-refractivity contribution is -0.126. The van der Waals surface area contributed by atoms with Crippen molar-refractivity contribution in [2.75, 3.05) is 19.6 Å². The second-order valence-electron chi connectivity index (χ2n) is 6.71. The van der Waals surface area contributed by atoms with Crippen molar-refractivity contribution in [2.24, 2.45) is 13.0 Å². The number of carbonyl (C=O) groups is 1. The highest BCUT2D eigenvalue weighted by Crippen LogP contribution is 2.18. The van der Waals surface area contributed by atoms with Crippen LogP contribution in [0.1, 0.15) is 38.4 Å². The number of unbranched alkanes of at least 4 members (excludes halogenated alkanes) is 1. The number of aromatic nitrogens is 4. The molecule has 8 heteroatoms. The number of amides is 1. The van der Waals surface area contributed by atoms with Gasteiger partial charge in [0.25, 0.3) is 5.56 Å². The number of carbonyl (C=O) groups excluding carboxylic acids is 1. The fourth-order valence-electron chi connectivity index (χ4n) is 3.25. The number of hydrogen-bond acceptors (Lipinski definition) is 5. The molecule has 1 amide bonds. The van der Waals surface area contributed by atoms with E-state index >= 15 is 0 Å². The number of hydrogen-bond donors (Lipinski definition) is 2. The Kier molecular flexibility index (Phi) is 5.47. The number of likely N-dealkylation sites (tertiary alicyclic amines) is 1. The first-order chi connectivity index (χ1) is 12.1. The summed E-state index contributed by atoms with van der Waals surface area (Å²) in [4.78, 5) is 33.8. The van der Waals surface area contributed by atoms with Gasteiger partial charge in [-0.25, -0.2) is 4.98 Å². The van der Waals surface area contributed by atoms with Crippen LogP contribution >= 0.6 is 0 Å². The number of nitrogens with zero attached hydrogens (tertiary/aromatic N) is 4. The summed E-state index contributed by atoms with van der Waals surface area (Å²) in [7, 11) is 1.78. The van der Waals surface area contributed by atoms with Crippen molar-refractivity contribution in [3.63, 3.8) is 0 Å². The molecule has 0 atom stereocenters. The van der Waals surface area contributed by atoms with Gasteiger partial charge >= 0.3 is 0 Å². The molecule has 1 aliphatic rings. The molecular weight excluding hydrogens is 320 g/mol. The number of aryl methyl sites for hydroxylation is 1. The number of nitrogens with one attached hydrogen (secondary N) is 2. The molecule has 0 saturated carbocycles. The van der Waals surface area contributed by atoms with Gasteiger partial charge in [-0.05, 0) is 32.4 Å². The maximum Gasteiger partial charge on any atom is 0.262 e. The van der Waals surface area contributed by atoms with E-state index in [1.54, 1.807) is 11.7 Å². The van der Waals surface area contributed by atoms with Crippen molar-refractivity contribution in [1.29, 1.82) is 0 Å². The van der Waals surface area contributed by atoms with Gasteiger partial charge < -0.3 is 10.3 Å². The van der Waals surface area contributed by atoms with E-state index in [0.717, 1.165) is 45.3 Å². The van der Waals surface area contributed by atoms with Crippen molar-refractivity contribution in [2.45, 2.75) is 39.2 Å². The highest BCUT2D eigenvalue weighted by Gasteiger charge is 2.25. The summed E-state index contributed by atoms with van der Waals surface area (Å²) >= 11 is 0. The molecule has 25 heavy (non-hydrogen) atoms. The maximum atomic E-state index is 12.1. The zero-order chi connectivity index (χ0) is 17.8. The Morgan fingerprint density at radius 3 is 2.88 bits per heavy atom. The standard InChI is InChI=1S/C17H26N6O2/c1-3-4-7-18-16(24)12-5-8-23(9-6-12)11-14-20-15-13(17(25)21-14)10-19-22(15)2/h10,12H,3-9,11H2,1-2H3,(H,18,24)(H,20,21,25). The Bertz CT molecular complexity index is 788. The van der Waals surface area contributed by atoms with Gasteiger partial charge in [0.05, 0.1) is 12.7 Å². The van der Waals surface area contributed by atoms with E-state index in [-0.39, 0.29) is 17.4 Å². The van der Waals surface area contributed by atoms with Crippen LogP contribution in [0, 0.1) is 5.92 Å². The van der Waals surface area contributed by atoms with E-state index in [1.165, 1.54) is 6.20 Å². The zero-order valence-corrected chi connectivity index (χ0v) is 14.9. The molecule has 0 spiro atoms. The maximum absolute atomic E-state index is 12.1. The van der Waals surface area contributed by atoms with Gasteiger partial charge in [0.1, 0.15) is 11.2 Å². The van der Waals surface area contributed by atoms with E-state index in [9.17, 15) is 9.59 Å². The molecular formula is C17H26N6O2. The summed E-state index contributed by atoms with van der Waals surface area (Å²) < 4.78 is 1.61. The van der Waals surface area contributed by atoms with Crippen molar-refractivity contribution in [1.82, 2.24) is 30.0 Å². The smallest absolute Gasteiger partial charge is 0.262 e. The van der Waals surface area contributed by atoms with Crippen molar-refractivity contribution in [3.8, 4) is 0 Å². The summed E-state index contributed by atoms with van der Waals surface area (Å²) in [5, 5.41) is 7.61. The number of fused-ring (bicyclic) bond motifs is 1. The third-order valence-electron chi connectivity index (χ3n) is 4.81. The SMILES string of the molecule is CCCCNC(=O)C1CCN(Cc2nc3c(cnn3C)c(=O)[nH]2)CC1. The molecule has 1 saturated heterocycles. The van der Waals surface area contributed by atoms with Crippen molar-refractivity contribution >= 4 is 16.9 Å². The van der Waals surface area contributed by atoms with Crippen molar-refractivity contribution < 1.29 is 4.79 Å². The average Bonchev–Trinajstić information content (AvgIpc) is 2.97. The molecule has 3 rings (SSSR count). The number of aromatic amines is 1. The lowest BCUT2D eigenvalue weighted by Gasteiger charge is -2.30. The fraction of sp³-hybridized carbons (Fsp3) is 0.647. The van der Waals surface area contributed by atoms with Gasteiger partial charge in [-0.15, -0.1) is 0 Å². The highest BCUT2D eigenvalue weighted by atomic mass is 16.2. The first-order valence-corrected chi connectivity index (χ1v) is 8.99. The van der Waals surface area contributed by atoms with Crippen LogP contribution in [0.25, 0.3) is 11.0 Å². The second-order valence-corrected chi connectivity index (χ2v) is 6.71. The van der Waals surface area contributed by atoms with Crippen LogP contribution in [0.3, 0.4) is 0 Å². The van der Waals surface area contributed by atoms with Crippen LogP contribution in [0.5, 0.6) is 0 Å². The van der Waals surface area contributed by atoms with Crippen LogP contribution in [0.15, 0.2) is 11.0 Å². The lowest BCUT2D eigenvalue weighted by atomic mass is 9.96. The molecule has 0 unspecified atom stereocenters. The molecule has 0 bridgehead atoms. The summed E-state index contributed by atoms with van der Waals surface area (Å²) in [5.41, 5.74) is 0.447. The summed E-state index contributed by atoms with van der Waals surface area (Å²) in [6, 6.07) is 0. The van der Waals surface area contributed by atoms with Gasteiger partial charge in [0.15, 0.2) is 5.65 Å². The number of H-pyrrole nitrogens is 1. The van der Waals surface area contributed by atoms with Gasteiger partial charge in [0.2, 0.25) is 5.91 Å². The van der Waals surface area contributed by atoms with E-state index in [1.807, 2.05) is 0 Å². The minimum atomic E-state index is -0.154. The van der Waals surface area contributed by atoms with E-state index in [4.69, 9.17) is 0 Å². The minimum absolute atomic E-state index is 0.0969. The Hall–Kier alpha value is -2.22. The minimum Gasteiger partial charge on any atom is -0.356 e. The average molecular weight is 346 g/mol. The highest BCUT2D eigenvalue weighted by molar-refractivity contribution is 5.78. The second kappa shape index (κ2) is 7.77. The third-order valence-corrected chi connectivity index (χ3v) is 4.81. The first-order valence-electron chi connectivity index (χ1n) is 8.99.